The molecule has 0 aliphatic heterocycles. The molecule has 20 heavy (non-hydrogen) atoms. The lowest BCUT2D eigenvalue weighted by molar-refractivity contribution is -0.486. The second-order valence-electron chi connectivity index (χ2n) is 3.79. The summed E-state index contributed by atoms with van der Waals surface area (Å²) in [7, 11) is 0. The van der Waals surface area contributed by atoms with Crippen molar-refractivity contribution in [3.63, 3.8) is 0 Å². The van der Waals surface area contributed by atoms with Crippen molar-refractivity contribution < 1.29 is 19.2 Å². The minimum Gasteiger partial charge on any atom is -0.755 e. The standard InChI is InChI=1S/C12H13N2O6/c1-2-20-12(16)11(15)14(19)10(8-13(17)18)9-6-4-3-5-7-9/h3-7,10H,2,8H2,1H3/q-1/t10-/m0/s1. The molecular formula is C12H13N2O6-. The maximum absolute atomic E-state index is 11.9. The first-order valence-corrected chi connectivity index (χ1v) is 5.81. The van der Waals surface area contributed by atoms with E-state index in [0.717, 1.165) is 0 Å². The van der Waals surface area contributed by atoms with Gasteiger partial charge in [0.25, 0.3) is 0 Å². The lowest BCUT2D eigenvalue weighted by Crippen LogP contribution is -2.38. The van der Waals surface area contributed by atoms with Gasteiger partial charge in [0.2, 0.25) is 6.54 Å². The predicted octanol–water partition coefficient (Wildman–Crippen LogP) is 0.894. The fourth-order valence-electron chi connectivity index (χ4n) is 1.56. The van der Waals surface area contributed by atoms with Crippen LogP contribution in [0.15, 0.2) is 30.3 Å². The number of rotatable bonds is 5. The van der Waals surface area contributed by atoms with Gasteiger partial charge in [-0.15, -0.1) is 0 Å². The molecule has 1 rings (SSSR count). The van der Waals surface area contributed by atoms with Crippen LogP contribution in [-0.4, -0.2) is 35.0 Å². The van der Waals surface area contributed by atoms with Crippen molar-refractivity contribution >= 4 is 11.9 Å². The Morgan fingerprint density at radius 2 is 1.95 bits per heavy atom. The molecule has 1 aromatic carbocycles. The second kappa shape index (κ2) is 7.19. The first-order chi connectivity index (χ1) is 9.47. The summed E-state index contributed by atoms with van der Waals surface area (Å²) in [5.41, 5.74) is 0.275. The van der Waals surface area contributed by atoms with Crippen LogP contribution in [0, 0.1) is 15.3 Å². The molecule has 1 atom stereocenters. The van der Waals surface area contributed by atoms with Gasteiger partial charge in [-0.3, -0.25) is 14.9 Å². The molecule has 0 bridgehead atoms. The van der Waals surface area contributed by atoms with Gasteiger partial charge in [-0.2, -0.15) is 0 Å². The van der Waals surface area contributed by atoms with Gasteiger partial charge in [-0.1, -0.05) is 30.3 Å². The van der Waals surface area contributed by atoms with Crippen LogP contribution in [-0.2, 0) is 14.3 Å². The van der Waals surface area contributed by atoms with Crippen LogP contribution in [0.2, 0.25) is 0 Å². The minimum absolute atomic E-state index is 0.0658. The van der Waals surface area contributed by atoms with E-state index in [-0.39, 0.29) is 17.2 Å². The van der Waals surface area contributed by atoms with E-state index in [9.17, 15) is 24.9 Å². The quantitative estimate of drug-likeness (QED) is 0.343. The highest BCUT2D eigenvalue weighted by Crippen LogP contribution is 2.20. The van der Waals surface area contributed by atoms with E-state index < -0.39 is 29.4 Å². The number of esters is 1. The van der Waals surface area contributed by atoms with Gasteiger partial charge in [0.15, 0.2) is 0 Å². The highest BCUT2D eigenvalue weighted by Gasteiger charge is 2.27. The number of hydrogen-bond acceptors (Lipinski definition) is 6. The molecule has 8 heteroatoms. The summed E-state index contributed by atoms with van der Waals surface area (Å²) in [6, 6.07) is 6.38. The fourth-order valence-corrected chi connectivity index (χ4v) is 1.56. The molecule has 0 saturated carbocycles. The van der Waals surface area contributed by atoms with Crippen LogP contribution in [0.3, 0.4) is 0 Å². The smallest absolute Gasteiger partial charge is 0.396 e. The van der Waals surface area contributed by atoms with Gasteiger partial charge in [0, 0.05) is 4.92 Å². The molecule has 0 spiro atoms. The summed E-state index contributed by atoms with van der Waals surface area (Å²) in [4.78, 5) is 32.7. The highest BCUT2D eigenvalue weighted by molar-refractivity contribution is 6.32. The molecule has 0 aliphatic rings. The zero-order valence-electron chi connectivity index (χ0n) is 10.7. The fraction of sp³-hybridized carbons (Fsp3) is 0.333. The Morgan fingerprint density at radius 3 is 2.45 bits per heavy atom. The topological polar surface area (TPSA) is 113 Å². The van der Waals surface area contributed by atoms with Crippen molar-refractivity contribution in [3.05, 3.63) is 51.2 Å². The largest absolute Gasteiger partial charge is 0.755 e. The Hall–Kier alpha value is -2.48. The first kappa shape index (κ1) is 15.6. The predicted molar refractivity (Wildman–Crippen MR) is 67.9 cm³/mol. The van der Waals surface area contributed by atoms with Crippen LogP contribution < -0.4 is 0 Å². The lowest BCUT2D eigenvalue weighted by atomic mass is 10.1. The average molecular weight is 281 g/mol. The number of benzene rings is 1. The van der Waals surface area contributed by atoms with E-state index in [2.05, 4.69) is 4.74 Å². The Morgan fingerprint density at radius 1 is 1.35 bits per heavy atom. The summed E-state index contributed by atoms with van der Waals surface area (Å²) in [6.07, 6.45) is 0. The van der Waals surface area contributed by atoms with Gasteiger partial charge < -0.3 is 15.0 Å². The minimum atomic E-state index is -1.46. The first-order valence-electron chi connectivity index (χ1n) is 5.81. The maximum Gasteiger partial charge on any atom is 0.396 e. The summed E-state index contributed by atoms with van der Waals surface area (Å²) < 4.78 is 4.42. The zero-order valence-corrected chi connectivity index (χ0v) is 10.7. The summed E-state index contributed by atoms with van der Waals surface area (Å²) >= 11 is 0. The Labute approximate surface area is 114 Å². The SMILES string of the molecule is CCOC(=O)C(=O)N([O-])[C@@H](C[N+](=O)[O-])c1ccccc1. The molecule has 0 aromatic heterocycles. The number of carbonyl (C=O) groups is 2. The van der Waals surface area contributed by atoms with Crippen molar-refractivity contribution in [1.29, 1.82) is 0 Å². The van der Waals surface area contributed by atoms with Gasteiger partial charge in [0.05, 0.1) is 6.61 Å². The Bertz CT molecular complexity index is 490. The number of hydrogen-bond donors (Lipinski definition) is 0. The van der Waals surface area contributed by atoms with Gasteiger partial charge in [-0.25, -0.2) is 4.79 Å². The average Bonchev–Trinajstić information content (AvgIpc) is 2.44. The van der Waals surface area contributed by atoms with Crippen molar-refractivity contribution in [3.8, 4) is 0 Å². The number of nitro groups is 1. The third-order valence-electron chi connectivity index (χ3n) is 2.44. The molecule has 1 aromatic rings. The van der Waals surface area contributed by atoms with Crippen LogP contribution >= 0.6 is 0 Å². The normalized spacial score (nSPS) is 11.5. The molecule has 8 nitrogen and oxygen atoms in total. The van der Waals surface area contributed by atoms with E-state index in [1.807, 2.05) is 0 Å². The maximum atomic E-state index is 11.9. The number of hydroxylamine groups is 2. The van der Waals surface area contributed by atoms with Gasteiger partial charge in [-0.05, 0) is 12.5 Å². The third kappa shape index (κ3) is 4.02. The molecule has 0 saturated heterocycles. The van der Waals surface area contributed by atoms with Crippen molar-refractivity contribution in [1.82, 2.24) is 5.06 Å². The number of nitrogens with zero attached hydrogens (tertiary/aromatic N) is 2. The van der Waals surface area contributed by atoms with Crippen LogP contribution in [0.4, 0.5) is 0 Å². The molecule has 1 amide bonds. The van der Waals surface area contributed by atoms with E-state index in [4.69, 9.17) is 0 Å². The van der Waals surface area contributed by atoms with Gasteiger partial charge >= 0.3 is 11.9 Å². The molecule has 0 unspecified atom stereocenters. The number of carbonyl (C=O) groups excluding carboxylic acids is 2. The zero-order chi connectivity index (χ0) is 15.1. The van der Waals surface area contributed by atoms with Crippen molar-refractivity contribution in [2.75, 3.05) is 13.2 Å². The molecule has 0 radical (unpaired) electrons. The molecule has 0 aliphatic carbocycles. The lowest BCUT2D eigenvalue weighted by Gasteiger charge is -2.33. The third-order valence-corrected chi connectivity index (χ3v) is 2.44. The molecule has 0 N–H and O–H groups in total. The molecule has 108 valence electrons. The van der Waals surface area contributed by atoms with Gasteiger partial charge in [0.1, 0.15) is 6.04 Å². The van der Waals surface area contributed by atoms with Crippen molar-refractivity contribution in [2.24, 2.45) is 0 Å². The van der Waals surface area contributed by atoms with E-state index in [1.165, 1.54) is 19.1 Å². The number of amides is 1. The Balaban J connectivity index is 2.96. The monoisotopic (exact) mass is 281 g/mol. The van der Waals surface area contributed by atoms with Crippen LogP contribution in [0.5, 0.6) is 0 Å². The van der Waals surface area contributed by atoms with E-state index in [1.54, 1.807) is 18.2 Å². The molecule has 0 heterocycles. The highest BCUT2D eigenvalue weighted by atomic mass is 16.6. The van der Waals surface area contributed by atoms with Crippen molar-refractivity contribution in [2.45, 2.75) is 13.0 Å². The second-order valence-corrected chi connectivity index (χ2v) is 3.79. The summed E-state index contributed by atoms with van der Waals surface area (Å²) in [6.45, 7) is 0.619. The number of ether oxygens (including phenoxy) is 1. The van der Waals surface area contributed by atoms with E-state index in [0.29, 0.717) is 0 Å². The van der Waals surface area contributed by atoms with Crippen LogP contribution in [0.1, 0.15) is 18.5 Å². The summed E-state index contributed by atoms with van der Waals surface area (Å²) in [5.74, 6) is -2.78. The van der Waals surface area contributed by atoms with Crippen LogP contribution in [0.25, 0.3) is 0 Å². The summed E-state index contributed by atoms with van der Waals surface area (Å²) in [5, 5.41) is 22.3. The van der Waals surface area contributed by atoms with E-state index >= 15 is 0 Å². The Kier molecular flexibility index (Phi) is 5.60. The molecule has 0 fully saturated rings. The molecular weight excluding hydrogens is 268 g/mol.